The topological polar surface area (TPSA) is 59.8 Å². The first-order valence-corrected chi connectivity index (χ1v) is 12.4. The Morgan fingerprint density at radius 2 is 1.66 bits per heavy atom. The number of hydrogen-bond donors (Lipinski definition) is 1. The van der Waals surface area contributed by atoms with Crippen LogP contribution in [0.4, 0.5) is 10.1 Å². The molecule has 7 heteroatoms. The van der Waals surface area contributed by atoms with Crippen molar-refractivity contribution in [3.63, 3.8) is 0 Å². The number of anilines is 1. The Morgan fingerprint density at radius 3 is 2.29 bits per heavy atom. The Balaban J connectivity index is 1.60. The Hall–Kier alpha value is -3.45. The van der Waals surface area contributed by atoms with Crippen LogP contribution >= 0.6 is 11.8 Å². The number of benzene rings is 3. The van der Waals surface area contributed by atoms with Gasteiger partial charge in [-0.05, 0) is 54.7 Å². The van der Waals surface area contributed by atoms with Crippen LogP contribution in [0.2, 0.25) is 0 Å². The fraction of sp³-hybridized carbons (Fsp3) is 0.250. The number of thioether (sulfide) groups is 1. The molecule has 0 spiro atoms. The lowest BCUT2D eigenvalue weighted by molar-refractivity contribution is -0.113. The van der Waals surface area contributed by atoms with E-state index < -0.39 is 0 Å². The van der Waals surface area contributed by atoms with Crippen LogP contribution < -0.4 is 5.32 Å². The van der Waals surface area contributed by atoms with Crippen LogP contribution in [0.15, 0.2) is 71.9 Å². The standard InChI is InChI=1S/C28H29FN4OS/c1-18-6-14-23(15-7-18)33-26(20-9-11-21(12-10-20)28(3,4)5)31-32-27(33)35-17-25(34)30-22-13-8-19(2)24(29)16-22/h6-16H,17H2,1-5H3,(H,30,34). The van der Waals surface area contributed by atoms with Crippen molar-refractivity contribution < 1.29 is 9.18 Å². The van der Waals surface area contributed by atoms with Crippen LogP contribution in [0.5, 0.6) is 0 Å². The number of rotatable bonds is 6. The summed E-state index contributed by atoms with van der Waals surface area (Å²) in [7, 11) is 0. The predicted octanol–water partition coefficient (Wildman–Crippen LogP) is 6.72. The van der Waals surface area contributed by atoms with Gasteiger partial charge in [0, 0.05) is 16.9 Å². The summed E-state index contributed by atoms with van der Waals surface area (Å²) >= 11 is 1.29. The fourth-order valence-electron chi connectivity index (χ4n) is 3.59. The second-order valence-electron chi connectivity index (χ2n) is 9.61. The molecule has 0 bridgehead atoms. The van der Waals surface area contributed by atoms with E-state index in [9.17, 15) is 9.18 Å². The third-order valence-electron chi connectivity index (χ3n) is 5.72. The Kier molecular flexibility index (Phi) is 7.08. The summed E-state index contributed by atoms with van der Waals surface area (Å²) in [5, 5.41) is 12.2. The molecule has 0 aliphatic heterocycles. The van der Waals surface area contributed by atoms with Crippen molar-refractivity contribution in [1.82, 2.24) is 14.8 Å². The van der Waals surface area contributed by atoms with Gasteiger partial charge in [-0.2, -0.15) is 0 Å². The number of nitrogens with one attached hydrogen (secondary N) is 1. The summed E-state index contributed by atoms with van der Waals surface area (Å²) in [5.41, 5.74) is 5.26. The summed E-state index contributed by atoms with van der Waals surface area (Å²) < 4.78 is 15.8. The highest BCUT2D eigenvalue weighted by Crippen LogP contribution is 2.30. The molecular weight excluding hydrogens is 459 g/mol. The number of aryl methyl sites for hydroxylation is 2. The lowest BCUT2D eigenvalue weighted by Gasteiger charge is -2.19. The van der Waals surface area contributed by atoms with Crippen LogP contribution in [0.1, 0.15) is 37.5 Å². The van der Waals surface area contributed by atoms with Gasteiger partial charge in [-0.3, -0.25) is 9.36 Å². The maximum Gasteiger partial charge on any atom is 0.234 e. The molecule has 0 radical (unpaired) electrons. The maximum absolute atomic E-state index is 13.8. The Morgan fingerprint density at radius 1 is 0.971 bits per heavy atom. The van der Waals surface area contributed by atoms with E-state index in [4.69, 9.17) is 0 Å². The second-order valence-corrected chi connectivity index (χ2v) is 10.5. The molecule has 35 heavy (non-hydrogen) atoms. The first-order chi connectivity index (χ1) is 16.6. The number of halogens is 1. The molecule has 0 aliphatic carbocycles. The summed E-state index contributed by atoms with van der Waals surface area (Å²) in [6.45, 7) is 10.3. The molecule has 0 saturated heterocycles. The van der Waals surface area contributed by atoms with Gasteiger partial charge in [-0.1, -0.05) is 80.6 Å². The van der Waals surface area contributed by atoms with Crippen molar-refractivity contribution in [2.45, 2.75) is 45.2 Å². The zero-order valence-corrected chi connectivity index (χ0v) is 21.4. The highest BCUT2D eigenvalue weighted by molar-refractivity contribution is 7.99. The average Bonchev–Trinajstić information content (AvgIpc) is 3.24. The molecule has 3 aromatic carbocycles. The molecule has 4 rings (SSSR count). The van der Waals surface area contributed by atoms with Crippen molar-refractivity contribution in [1.29, 1.82) is 0 Å². The Bertz CT molecular complexity index is 1340. The van der Waals surface area contributed by atoms with Gasteiger partial charge in [0.2, 0.25) is 5.91 Å². The van der Waals surface area contributed by atoms with E-state index in [1.165, 1.54) is 23.4 Å². The van der Waals surface area contributed by atoms with Crippen molar-refractivity contribution in [2.75, 3.05) is 11.1 Å². The first kappa shape index (κ1) is 24.7. The molecule has 0 unspecified atom stereocenters. The number of carbonyl (C=O) groups is 1. The number of carbonyl (C=O) groups excluding carboxylic acids is 1. The van der Waals surface area contributed by atoms with Crippen LogP contribution in [-0.2, 0) is 10.2 Å². The SMILES string of the molecule is Cc1ccc(-n2c(SCC(=O)Nc3ccc(C)c(F)c3)nnc2-c2ccc(C(C)(C)C)cc2)cc1. The largest absolute Gasteiger partial charge is 0.325 e. The van der Waals surface area contributed by atoms with Crippen molar-refractivity contribution in [3.05, 3.63) is 89.2 Å². The Labute approximate surface area is 209 Å². The maximum atomic E-state index is 13.8. The molecule has 1 heterocycles. The molecule has 1 amide bonds. The van der Waals surface area contributed by atoms with Crippen LogP contribution in [-0.4, -0.2) is 26.4 Å². The summed E-state index contributed by atoms with van der Waals surface area (Å²) in [6, 6.07) is 21.1. The van der Waals surface area contributed by atoms with Crippen LogP contribution in [0.25, 0.3) is 17.1 Å². The molecule has 1 aromatic heterocycles. The molecule has 180 valence electrons. The zero-order chi connectivity index (χ0) is 25.2. The summed E-state index contributed by atoms with van der Waals surface area (Å²) in [6.07, 6.45) is 0. The second kappa shape index (κ2) is 10.0. The van der Waals surface area contributed by atoms with E-state index in [0.717, 1.165) is 16.8 Å². The van der Waals surface area contributed by atoms with Gasteiger partial charge in [0.1, 0.15) is 5.82 Å². The monoisotopic (exact) mass is 488 g/mol. The molecule has 5 nitrogen and oxygen atoms in total. The minimum absolute atomic E-state index is 0.0535. The van der Waals surface area contributed by atoms with Crippen molar-refractivity contribution in [3.8, 4) is 17.1 Å². The molecule has 0 atom stereocenters. The predicted molar refractivity (Wildman–Crippen MR) is 141 cm³/mol. The quantitative estimate of drug-likeness (QED) is 0.306. The van der Waals surface area contributed by atoms with E-state index in [1.54, 1.807) is 19.1 Å². The molecule has 0 saturated carbocycles. The fourth-order valence-corrected chi connectivity index (χ4v) is 4.35. The molecule has 4 aromatic rings. The minimum Gasteiger partial charge on any atom is -0.325 e. The molecule has 0 aliphatic rings. The zero-order valence-electron chi connectivity index (χ0n) is 20.6. The van der Waals surface area contributed by atoms with Gasteiger partial charge in [-0.25, -0.2) is 4.39 Å². The van der Waals surface area contributed by atoms with E-state index in [-0.39, 0.29) is 22.9 Å². The van der Waals surface area contributed by atoms with Gasteiger partial charge >= 0.3 is 0 Å². The number of amides is 1. The summed E-state index contributed by atoms with van der Waals surface area (Å²) in [4.78, 5) is 12.6. The lowest BCUT2D eigenvalue weighted by atomic mass is 9.87. The third-order valence-corrected chi connectivity index (χ3v) is 6.65. The molecular formula is C28H29FN4OS. The molecule has 0 fully saturated rings. The van der Waals surface area contributed by atoms with E-state index in [0.29, 0.717) is 22.2 Å². The van der Waals surface area contributed by atoms with Crippen molar-refractivity contribution in [2.24, 2.45) is 0 Å². The minimum atomic E-state index is -0.350. The average molecular weight is 489 g/mol. The van der Waals surface area contributed by atoms with Gasteiger partial charge in [0.25, 0.3) is 0 Å². The smallest absolute Gasteiger partial charge is 0.234 e. The van der Waals surface area contributed by atoms with Gasteiger partial charge in [-0.15, -0.1) is 10.2 Å². The lowest BCUT2D eigenvalue weighted by Crippen LogP contribution is -2.14. The highest BCUT2D eigenvalue weighted by Gasteiger charge is 2.19. The van der Waals surface area contributed by atoms with Gasteiger partial charge in [0.15, 0.2) is 11.0 Å². The van der Waals surface area contributed by atoms with Crippen molar-refractivity contribution >= 4 is 23.4 Å². The van der Waals surface area contributed by atoms with Gasteiger partial charge in [0.05, 0.1) is 5.75 Å². The van der Waals surface area contributed by atoms with E-state index in [1.807, 2.05) is 35.8 Å². The van der Waals surface area contributed by atoms with Crippen LogP contribution in [0, 0.1) is 19.7 Å². The normalized spacial score (nSPS) is 11.5. The first-order valence-electron chi connectivity index (χ1n) is 11.4. The summed E-state index contributed by atoms with van der Waals surface area (Å²) in [5.74, 6) is 0.227. The van der Waals surface area contributed by atoms with Crippen LogP contribution in [0.3, 0.4) is 0 Å². The van der Waals surface area contributed by atoms with E-state index >= 15 is 0 Å². The third kappa shape index (κ3) is 5.80. The highest BCUT2D eigenvalue weighted by atomic mass is 32.2. The van der Waals surface area contributed by atoms with Gasteiger partial charge < -0.3 is 5.32 Å². The number of hydrogen-bond acceptors (Lipinski definition) is 4. The number of aromatic nitrogens is 3. The van der Waals surface area contributed by atoms with E-state index in [2.05, 4.69) is 60.6 Å². The number of nitrogens with zero attached hydrogens (tertiary/aromatic N) is 3. The molecule has 1 N–H and O–H groups in total.